The van der Waals surface area contributed by atoms with Gasteiger partial charge in [0.25, 0.3) is 5.91 Å². The second kappa shape index (κ2) is 7.40. The molecule has 0 aliphatic heterocycles. The Labute approximate surface area is 124 Å². The summed E-state index contributed by atoms with van der Waals surface area (Å²) in [5.41, 5.74) is 2.35. The van der Waals surface area contributed by atoms with Crippen LogP contribution in [0.15, 0.2) is 48.8 Å². The Morgan fingerprint density at radius 3 is 2.81 bits per heavy atom. The number of nitrogens with one attached hydrogen (secondary N) is 2. The number of rotatable bonds is 6. The number of carbonyl (C=O) groups excluding carboxylic acids is 1. The van der Waals surface area contributed by atoms with Crippen molar-refractivity contribution in [1.29, 1.82) is 0 Å². The Kier molecular flexibility index (Phi) is 5.29. The normalized spacial score (nSPS) is 11.7. The van der Waals surface area contributed by atoms with Gasteiger partial charge in [0, 0.05) is 30.7 Å². The third-order valence-electron chi connectivity index (χ3n) is 3.03. The zero-order valence-corrected chi connectivity index (χ0v) is 11.9. The molecular formula is C16H19N3O2. The van der Waals surface area contributed by atoms with Crippen LogP contribution in [-0.4, -0.2) is 28.6 Å². The van der Waals surface area contributed by atoms with Crippen molar-refractivity contribution in [1.82, 2.24) is 10.3 Å². The van der Waals surface area contributed by atoms with Gasteiger partial charge in [-0.25, -0.2) is 0 Å². The molecule has 1 heterocycles. The zero-order valence-electron chi connectivity index (χ0n) is 11.9. The lowest BCUT2D eigenvalue weighted by molar-refractivity contribution is 0.0923. The summed E-state index contributed by atoms with van der Waals surface area (Å²) < 4.78 is 0. The van der Waals surface area contributed by atoms with Gasteiger partial charge < -0.3 is 15.7 Å². The predicted octanol–water partition coefficient (Wildman–Crippen LogP) is 1.80. The van der Waals surface area contributed by atoms with E-state index in [1.807, 2.05) is 30.3 Å². The Morgan fingerprint density at radius 2 is 2.10 bits per heavy atom. The molecule has 110 valence electrons. The van der Waals surface area contributed by atoms with Crippen molar-refractivity contribution >= 4 is 11.6 Å². The summed E-state index contributed by atoms with van der Waals surface area (Å²) in [5.74, 6) is -0.203. The second-order valence-corrected chi connectivity index (χ2v) is 4.82. The molecule has 2 rings (SSSR count). The highest BCUT2D eigenvalue weighted by Gasteiger charge is 2.12. The number of aliphatic hydroxyl groups is 1. The van der Waals surface area contributed by atoms with Crippen LogP contribution in [0.4, 0.5) is 5.69 Å². The summed E-state index contributed by atoms with van der Waals surface area (Å²) in [6.45, 7) is 2.26. The molecule has 0 aliphatic carbocycles. The van der Waals surface area contributed by atoms with Crippen LogP contribution in [0.5, 0.6) is 0 Å². The number of pyridine rings is 1. The maximum atomic E-state index is 12.2. The minimum Gasteiger partial charge on any atom is -0.394 e. The van der Waals surface area contributed by atoms with Gasteiger partial charge in [0.15, 0.2) is 0 Å². The van der Waals surface area contributed by atoms with Crippen LogP contribution < -0.4 is 10.6 Å². The summed E-state index contributed by atoms with van der Waals surface area (Å²) in [6.07, 6.45) is 3.50. The Hall–Kier alpha value is -2.40. The lowest BCUT2D eigenvalue weighted by Crippen LogP contribution is -2.35. The minimum absolute atomic E-state index is 0.0863. The van der Waals surface area contributed by atoms with Crippen LogP contribution in [0.2, 0.25) is 0 Å². The van der Waals surface area contributed by atoms with E-state index < -0.39 is 0 Å². The summed E-state index contributed by atoms with van der Waals surface area (Å²) in [4.78, 5) is 16.2. The van der Waals surface area contributed by atoms with E-state index in [0.717, 1.165) is 11.3 Å². The van der Waals surface area contributed by atoms with Gasteiger partial charge in [-0.1, -0.05) is 18.2 Å². The molecule has 0 unspecified atom stereocenters. The van der Waals surface area contributed by atoms with Gasteiger partial charge in [0.1, 0.15) is 0 Å². The van der Waals surface area contributed by atoms with E-state index in [9.17, 15) is 4.79 Å². The monoisotopic (exact) mass is 285 g/mol. The van der Waals surface area contributed by atoms with Crippen molar-refractivity contribution < 1.29 is 9.90 Å². The largest absolute Gasteiger partial charge is 0.394 e. The lowest BCUT2D eigenvalue weighted by atomic mass is 10.1. The number of hydrogen-bond acceptors (Lipinski definition) is 4. The molecule has 0 fully saturated rings. The van der Waals surface area contributed by atoms with E-state index >= 15 is 0 Å². The number of aromatic nitrogens is 1. The van der Waals surface area contributed by atoms with Crippen molar-refractivity contribution in [3.63, 3.8) is 0 Å². The maximum Gasteiger partial charge on any atom is 0.253 e. The number of hydrogen-bond donors (Lipinski definition) is 3. The molecule has 1 amide bonds. The van der Waals surface area contributed by atoms with Gasteiger partial charge in [-0.15, -0.1) is 0 Å². The molecule has 0 aliphatic rings. The Morgan fingerprint density at radius 1 is 1.29 bits per heavy atom. The Bertz CT molecular complexity index is 587. The van der Waals surface area contributed by atoms with Gasteiger partial charge >= 0.3 is 0 Å². The van der Waals surface area contributed by atoms with Crippen LogP contribution in [0.3, 0.4) is 0 Å². The molecule has 0 radical (unpaired) electrons. The fourth-order valence-electron chi connectivity index (χ4n) is 1.88. The molecule has 3 N–H and O–H groups in total. The third kappa shape index (κ3) is 4.29. The number of nitrogens with zero attached hydrogens (tertiary/aromatic N) is 1. The van der Waals surface area contributed by atoms with Gasteiger partial charge in [0.05, 0.1) is 12.2 Å². The first-order valence-corrected chi connectivity index (χ1v) is 6.84. The number of para-hydroxylation sites is 1. The molecule has 0 saturated carbocycles. The molecule has 0 bridgehead atoms. The van der Waals surface area contributed by atoms with Crippen LogP contribution in [0.1, 0.15) is 22.8 Å². The number of amides is 1. The SMILES string of the molecule is C[C@@H](CO)NC(=O)c1ccccc1NCc1cccnc1. The number of anilines is 1. The number of carbonyl (C=O) groups is 1. The molecule has 2 aromatic rings. The molecule has 1 aromatic carbocycles. The number of aliphatic hydroxyl groups excluding tert-OH is 1. The molecule has 5 heteroatoms. The van der Waals surface area contributed by atoms with Crippen LogP contribution >= 0.6 is 0 Å². The third-order valence-corrected chi connectivity index (χ3v) is 3.03. The first-order chi connectivity index (χ1) is 10.2. The highest BCUT2D eigenvalue weighted by Crippen LogP contribution is 2.16. The molecule has 1 atom stereocenters. The quantitative estimate of drug-likeness (QED) is 0.756. The molecular weight excluding hydrogens is 266 g/mol. The van der Waals surface area contributed by atoms with E-state index in [1.165, 1.54) is 0 Å². The fourth-order valence-corrected chi connectivity index (χ4v) is 1.88. The van der Waals surface area contributed by atoms with E-state index in [0.29, 0.717) is 12.1 Å². The van der Waals surface area contributed by atoms with E-state index in [1.54, 1.807) is 25.4 Å². The zero-order chi connectivity index (χ0) is 15.1. The van der Waals surface area contributed by atoms with Crippen molar-refractivity contribution in [2.24, 2.45) is 0 Å². The topological polar surface area (TPSA) is 74.2 Å². The number of benzene rings is 1. The fraction of sp³-hybridized carbons (Fsp3) is 0.250. The molecule has 1 aromatic heterocycles. The van der Waals surface area contributed by atoms with Gasteiger partial charge in [-0.3, -0.25) is 9.78 Å². The molecule has 0 spiro atoms. The van der Waals surface area contributed by atoms with Crippen molar-refractivity contribution in [3.05, 3.63) is 59.9 Å². The minimum atomic E-state index is -0.274. The van der Waals surface area contributed by atoms with Crippen molar-refractivity contribution in [2.75, 3.05) is 11.9 Å². The summed E-state index contributed by atoms with van der Waals surface area (Å²) >= 11 is 0. The van der Waals surface area contributed by atoms with Crippen molar-refractivity contribution in [2.45, 2.75) is 19.5 Å². The van der Waals surface area contributed by atoms with Crippen molar-refractivity contribution in [3.8, 4) is 0 Å². The van der Waals surface area contributed by atoms with E-state index in [2.05, 4.69) is 15.6 Å². The standard InChI is InChI=1S/C16H19N3O2/c1-12(11-20)19-16(21)14-6-2-3-7-15(14)18-10-13-5-4-8-17-9-13/h2-9,12,18,20H,10-11H2,1H3,(H,19,21)/t12-/m0/s1. The Balaban J connectivity index is 2.08. The molecule has 21 heavy (non-hydrogen) atoms. The molecule has 0 saturated heterocycles. The van der Waals surface area contributed by atoms with Gasteiger partial charge in [-0.05, 0) is 30.7 Å². The highest BCUT2D eigenvalue weighted by molar-refractivity contribution is 5.99. The van der Waals surface area contributed by atoms with Gasteiger partial charge in [0.2, 0.25) is 0 Å². The average Bonchev–Trinajstić information content (AvgIpc) is 2.54. The second-order valence-electron chi connectivity index (χ2n) is 4.82. The smallest absolute Gasteiger partial charge is 0.253 e. The van der Waals surface area contributed by atoms with Crippen LogP contribution in [-0.2, 0) is 6.54 Å². The average molecular weight is 285 g/mol. The molecule has 5 nitrogen and oxygen atoms in total. The van der Waals surface area contributed by atoms with Gasteiger partial charge in [-0.2, -0.15) is 0 Å². The van der Waals surface area contributed by atoms with Crippen LogP contribution in [0.25, 0.3) is 0 Å². The maximum absolute atomic E-state index is 12.2. The lowest BCUT2D eigenvalue weighted by Gasteiger charge is -2.14. The van der Waals surface area contributed by atoms with Crippen LogP contribution in [0, 0.1) is 0 Å². The summed E-state index contributed by atoms with van der Waals surface area (Å²) in [5, 5.41) is 15.0. The summed E-state index contributed by atoms with van der Waals surface area (Å²) in [6, 6.07) is 10.9. The van der Waals surface area contributed by atoms with E-state index in [-0.39, 0.29) is 18.6 Å². The summed E-state index contributed by atoms with van der Waals surface area (Å²) in [7, 11) is 0. The predicted molar refractivity (Wildman–Crippen MR) is 82.0 cm³/mol. The van der Waals surface area contributed by atoms with E-state index in [4.69, 9.17) is 5.11 Å². The first-order valence-electron chi connectivity index (χ1n) is 6.84. The first kappa shape index (κ1) is 15.0. The highest BCUT2D eigenvalue weighted by atomic mass is 16.3.